The molecular formula is C12H13BrF3NO. The van der Waals surface area contributed by atoms with Gasteiger partial charge >= 0.3 is 6.18 Å². The van der Waals surface area contributed by atoms with Gasteiger partial charge in [0.2, 0.25) is 0 Å². The summed E-state index contributed by atoms with van der Waals surface area (Å²) in [6, 6.07) is 4.74. The molecular weight excluding hydrogens is 311 g/mol. The van der Waals surface area contributed by atoms with Gasteiger partial charge in [-0.15, -0.1) is 0 Å². The van der Waals surface area contributed by atoms with E-state index >= 15 is 0 Å². The average molecular weight is 324 g/mol. The molecule has 0 spiro atoms. The van der Waals surface area contributed by atoms with E-state index in [0.29, 0.717) is 0 Å². The Morgan fingerprint density at radius 3 is 2.44 bits per heavy atom. The zero-order chi connectivity index (χ0) is 13.9. The summed E-state index contributed by atoms with van der Waals surface area (Å²) >= 11 is 3.28. The first-order valence-electron chi connectivity index (χ1n) is 5.36. The quantitative estimate of drug-likeness (QED) is 0.829. The number of aryl methyl sites for hydroxylation is 1. The highest BCUT2D eigenvalue weighted by atomic mass is 79.9. The normalized spacial score (nSPS) is 11.4. The molecule has 1 rings (SSSR count). The lowest BCUT2D eigenvalue weighted by Crippen LogP contribution is -2.38. The molecule has 1 aromatic carbocycles. The minimum absolute atomic E-state index is 0.0213. The van der Waals surface area contributed by atoms with Crippen LogP contribution in [0, 0.1) is 6.92 Å². The molecule has 0 saturated heterocycles. The Morgan fingerprint density at radius 2 is 2.00 bits per heavy atom. The first-order chi connectivity index (χ1) is 8.24. The Morgan fingerprint density at radius 1 is 1.39 bits per heavy atom. The highest BCUT2D eigenvalue weighted by Crippen LogP contribution is 2.21. The van der Waals surface area contributed by atoms with Crippen LogP contribution in [0.15, 0.2) is 22.7 Å². The molecule has 0 atom stereocenters. The van der Waals surface area contributed by atoms with Crippen molar-refractivity contribution >= 4 is 21.8 Å². The second-order valence-electron chi connectivity index (χ2n) is 3.90. The van der Waals surface area contributed by atoms with Crippen LogP contribution in [0.2, 0.25) is 0 Å². The van der Waals surface area contributed by atoms with Gasteiger partial charge in [-0.3, -0.25) is 4.79 Å². The van der Waals surface area contributed by atoms with Crippen molar-refractivity contribution < 1.29 is 18.0 Å². The van der Waals surface area contributed by atoms with Crippen LogP contribution in [-0.2, 0) is 0 Å². The van der Waals surface area contributed by atoms with Crippen LogP contribution >= 0.6 is 15.9 Å². The fourth-order valence-electron chi connectivity index (χ4n) is 1.50. The van der Waals surface area contributed by atoms with E-state index in [1.54, 1.807) is 19.1 Å². The standard InChI is InChI=1S/C12H13BrF3NO/c1-3-17(7-12(14,15)16)11(18)9-4-5-10(13)8(2)6-9/h4-6H,3,7H2,1-2H3. The summed E-state index contributed by atoms with van der Waals surface area (Å²) in [5.74, 6) is -0.606. The average Bonchev–Trinajstić information content (AvgIpc) is 2.27. The van der Waals surface area contributed by atoms with Crippen molar-refractivity contribution in [2.75, 3.05) is 13.1 Å². The number of carbonyl (C=O) groups excluding carboxylic acids is 1. The number of halogens is 4. The second kappa shape index (κ2) is 5.73. The molecule has 0 aromatic heterocycles. The Labute approximate surface area is 112 Å². The van der Waals surface area contributed by atoms with Gasteiger partial charge in [-0.25, -0.2) is 0 Å². The van der Waals surface area contributed by atoms with Gasteiger partial charge in [0.25, 0.3) is 5.91 Å². The number of hydrogen-bond donors (Lipinski definition) is 0. The van der Waals surface area contributed by atoms with Gasteiger partial charge in [0, 0.05) is 16.6 Å². The molecule has 0 bridgehead atoms. The predicted molar refractivity (Wildman–Crippen MR) is 66.5 cm³/mol. The SMILES string of the molecule is CCN(CC(F)(F)F)C(=O)c1ccc(Br)c(C)c1. The summed E-state index contributed by atoms with van der Waals surface area (Å²) in [6.07, 6.45) is -4.38. The van der Waals surface area contributed by atoms with Gasteiger partial charge in [-0.05, 0) is 37.6 Å². The van der Waals surface area contributed by atoms with E-state index in [-0.39, 0.29) is 12.1 Å². The topological polar surface area (TPSA) is 20.3 Å². The molecule has 0 aliphatic heterocycles. The summed E-state index contributed by atoms with van der Waals surface area (Å²) in [5, 5.41) is 0. The van der Waals surface area contributed by atoms with E-state index in [0.717, 1.165) is 14.9 Å². The number of rotatable bonds is 3. The first kappa shape index (κ1) is 15.0. The van der Waals surface area contributed by atoms with Gasteiger partial charge in [0.1, 0.15) is 6.54 Å². The summed E-state index contributed by atoms with van der Waals surface area (Å²) in [6.45, 7) is 2.10. The van der Waals surface area contributed by atoms with Crippen LogP contribution in [0.4, 0.5) is 13.2 Å². The van der Waals surface area contributed by atoms with E-state index in [1.165, 1.54) is 13.0 Å². The van der Waals surface area contributed by atoms with Gasteiger partial charge in [-0.2, -0.15) is 13.2 Å². The van der Waals surface area contributed by atoms with Crippen LogP contribution in [0.5, 0.6) is 0 Å². The number of carbonyl (C=O) groups is 1. The smallest absolute Gasteiger partial charge is 0.330 e. The third-order valence-electron chi connectivity index (χ3n) is 2.44. The lowest BCUT2D eigenvalue weighted by atomic mass is 10.1. The Kier molecular flexibility index (Phi) is 4.78. The lowest BCUT2D eigenvalue weighted by Gasteiger charge is -2.22. The van der Waals surface area contributed by atoms with Gasteiger partial charge in [0.05, 0.1) is 0 Å². The lowest BCUT2D eigenvalue weighted by molar-refractivity contribution is -0.140. The van der Waals surface area contributed by atoms with Crippen molar-refractivity contribution in [2.24, 2.45) is 0 Å². The number of amides is 1. The molecule has 1 aromatic rings. The fraction of sp³-hybridized carbons (Fsp3) is 0.417. The van der Waals surface area contributed by atoms with E-state index in [4.69, 9.17) is 0 Å². The van der Waals surface area contributed by atoms with Crippen LogP contribution in [0.25, 0.3) is 0 Å². The highest BCUT2D eigenvalue weighted by molar-refractivity contribution is 9.10. The van der Waals surface area contributed by atoms with Crippen LogP contribution in [0.3, 0.4) is 0 Å². The third-order valence-corrected chi connectivity index (χ3v) is 3.33. The van der Waals surface area contributed by atoms with Crippen molar-refractivity contribution in [1.82, 2.24) is 4.90 Å². The maximum Gasteiger partial charge on any atom is 0.406 e. The van der Waals surface area contributed by atoms with Crippen LogP contribution in [0.1, 0.15) is 22.8 Å². The highest BCUT2D eigenvalue weighted by Gasteiger charge is 2.32. The number of hydrogen-bond acceptors (Lipinski definition) is 1. The molecule has 1 amide bonds. The monoisotopic (exact) mass is 323 g/mol. The molecule has 0 heterocycles. The molecule has 0 saturated carbocycles. The zero-order valence-corrected chi connectivity index (χ0v) is 11.6. The zero-order valence-electron chi connectivity index (χ0n) is 10.0. The molecule has 0 N–H and O–H groups in total. The van der Waals surface area contributed by atoms with Crippen molar-refractivity contribution in [3.05, 3.63) is 33.8 Å². The Balaban J connectivity index is 2.93. The predicted octanol–water partition coefficient (Wildman–Crippen LogP) is 3.78. The third kappa shape index (κ3) is 4.01. The molecule has 6 heteroatoms. The molecule has 0 aliphatic rings. The van der Waals surface area contributed by atoms with Crippen LogP contribution < -0.4 is 0 Å². The molecule has 0 radical (unpaired) electrons. The van der Waals surface area contributed by atoms with Crippen molar-refractivity contribution in [3.8, 4) is 0 Å². The second-order valence-corrected chi connectivity index (χ2v) is 4.75. The van der Waals surface area contributed by atoms with E-state index in [1.807, 2.05) is 0 Å². The van der Waals surface area contributed by atoms with Crippen LogP contribution in [-0.4, -0.2) is 30.1 Å². The largest absolute Gasteiger partial charge is 0.406 e. The van der Waals surface area contributed by atoms with Gasteiger partial charge in [-0.1, -0.05) is 15.9 Å². The minimum Gasteiger partial charge on any atom is -0.330 e. The molecule has 2 nitrogen and oxygen atoms in total. The number of alkyl halides is 3. The summed E-state index contributed by atoms with van der Waals surface area (Å²) in [7, 11) is 0. The molecule has 18 heavy (non-hydrogen) atoms. The van der Waals surface area contributed by atoms with Gasteiger partial charge < -0.3 is 4.90 Å². The van der Waals surface area contributed by atoms with Crippen molar-refractivity contribution in [3.63, 3.8) is 0 Å². The van der Waals surface area contributed by atoms with E-state index in [2.05, 4.69) is 15.9 Å². The number of nitrogens with zero attached hydrogens (tertiary/aromatic N) is 1. The molecule has 100 valence electrons. The maximum atomic E-state index is 12.3. The Hall–Kier alpha value is -1.04. The molecule has 0 fully saturated rings. The summed E-state index contributed by atoms with van der Waals surface area (Å²) in [4.78, 5) is 12.7. The summed E-state index contributed by atoms with van der Waals surface area (Å²) in [5.41, 5.74) is 1.07. The Bertz CT molecular complexity index is 445. The summed E-state index contributed by atoms with van der Waals surface area (Å²) < 4.78 is 37.7. The first-order valence-corrected chi connectivity index (χ1v) is 6.16. The van der Waals surface area contributed by atoms with Gasteiger partial charge in [0.15, 0.2) is 0 Å². The number of benzene rings is 1. The minimum atomic E-state index is -4.38. The molecule has 0 aliphatic carbocycles. The van der Waals surface area contributed by atoms with Crippen molar-refractivity contribution in [2.45, 2.75) is 20.0 Å². The van der Waals surface area contributed by atoms with E-state index in [9.17, 15) is 18.0 Å². The maximum absolute atomic E-state index is 12.3. The molecule has 0 unspecified atom stereocenters. The fourth-order valence-corrected chi connectivity index (χ4v) is 1.75. The van der Waals surface area contributed by atoms with Crippen molar-refractivity contribution in [1.29, 1.82) is 0 Å². The van der Waals surface area contributed by atoms with E-state index < -0.39 is 18.6 Å².